The van der Waals surface area contributed by atoms with Gasteiger partial charge in [0.25, 0.3) is 0 Å². The molecule has 9 heavy (non-hydrogen) atoms. The fourth-order valence-corrected chi connectivity index (χ4v) is 0. The van der Waals surface area contributed by atoms with Gasteiger partial charge in [-0.05, 0) is 0 Å². The second kappa shape index (κ2) is 12.6. The van der Waals surface area contributed by atoms with Crippen molar-refractivity contribution in [2.24, 2.45) is 0 Å². The van der Waals surface area contributed by atoms with Gasteiger partial charge in [0.1, 0.15) is 0 Å². The van der Waals surface area contributed by atoms with Gasteiger partial charge in [0, 0.05) is 21.7 Å². The summed E-state index contributed by atoms with van der Waals surface area (Å²) in [5.41, 5.74) is 0. The van der Waals surface area contributed by atoms with Crippen LogP contribution in [0.15, 0.2) is 0 Å². The van der Waals surface area contributed by atoms with Crippen molar-refractivity contribution in [3.63, 3.8) is 0 Å². The Bertz CT molecular complexity index is 68.6. The Labute approximate surface area is 94.4 Å². The molecule has 0 heterocycles. The molecule has 0 bridgehead atoms. The largest absolute Gasteiger partial charge is 1.00 e. The van der Waals surface area contributed by atoms with Gasteiger partial charge in [0.05, 0.1) is 0 Å². The maximum Gasteiger partial charge on any atom is 1.00 e. The van der Waals surface area contributed by atoms with E-state index in [1.807, 2.05) is 0 Å². The average molecular weight is 180 g/mol. The molecule has 0 aromatic rings. The fraction of sp³-hybridized carbons (Fsp3) is 0. The third kappa shape index (κ3) is 162. The topological polar surface area (TPSA) is 109 Å². The second-order valence-electron chi connectivity index (χ2n) is 0.513. The molecule has 0 aromatic carbocycles. The first-order valence-corrected chi connectivity index (χ1v) is 2.35. The minimum Gasteiger partial charge on any atom is -1.00 e. The van der Waals surface area contributed by atoms with Crippen molar-refractivity contribution in [1.29, 1.82) is 0 Å². The summed E-state index contributed by atoms with van der Waals surface area (Å²) in [6.07, 6.45) is 0. The van der Waals surface area contributed by atoms with Crippen LogP contribution >= 0.6 is 7.82 Å². The summed E-state index contributed by atoms with van der Waals surface area (Å²) in [5.74, 6) is 0. The number of phosphoric acid groups is 1. The molecule has 0 atom stereocenters. The van der Waals surface area contributed by atoms with E-state index in [9.17, 15) is 0 Å². The van der Waals surface area contributed by atoms with Crippen molar-refractivity contribution in [2.45, 2.75) is 0 Å². The molecule has 9 heteroatoms. The molecule has 0 aliphatic heterocycles. The number of rotatable bonds is 0. The SMILES string of the molecule is O.O=P(O)(O)O.[H-].[H-].[Li+].[Li+].[Ti]. The van der Waals surface area contributed by atoms with Crippen molar-refractivity contribution in [2.75, 3.05) is 0 Å². The van der Waals surface area contributed by atoms with E-state index in [0.717, 1.165) is 0 Å². The van der Waals surface area contributed by atoms with E-state index in [2.05, 4.69) is 0 Å². The molecule has 0 unspecified atom stereocenters. The van der Waals surface area contributed by atoms with Crippen LogP contribution < -0.4 is 37.7 Å². The van der Waals surface area contributed by atoms with E-state index >= 15 is 0 Å². The van der Waals surface area contributed by atoms with Crippen LogP contribution in [0.5, 0.6) is 0 Å². The standard InChI is InChI=1S/2Li.H3O4P.H2O.Ti.2H/c;;1-5(2,3)4;;;;/h;;(H3,1,2,3,4);1H2;;;/q2*+1;;;;2*-1. The predicted octanol–water partition coefficient (Wildman–Crippen LogP) is -7.52. The Morgan fingerprint density at radius 1 is 1.11 bits per heavy atom. The zero-order valence-electron chi connectivity index (χ0n) is 7.20. The molecule has 48 valence electrons. The van der Waals surface area contributed by atoms with Gasteiger partial charge in [-0.3, -0.25) is 0 Å². The summed E-state index contributed by atoms with van der Waals surface area (Å²) in [4.78, 5) is 21.6. The van der Waals surface area contributed by atoms with Crippen molar-refractivity contribution >= 4 is 7.82 Å². The minimum absolute atomic E-state index is 0. The first-order chi connectivity index (χ1) is 2.00. The summed E-state index contributed by atoms with van der Waals surface area (Å²) >= 11 is 0. The normalized spacial score (nSPS) is 6.56. The summed E-state index contributed by atoms with van der Waals surface area (Å²) < 4.78 is 8.88. The Morgan fingerprint density at radius 2 is 1.11 bits per heavy atom. The summed E-state index contributed by atoms with van der Waals surface area (Å²) in [5, 5.41) is 0. The molecule has 5 N–H and O–H groups in total. The monoisotopic (exact) mass is 180 g/mol. The zero-order valence-corrected chi connectivity index (χ0v) is 7.65. The molecule has 5 nitrogen and oxygen atoms in total. The van der Waals surface area contributed by atoms with Crippen LogP contribution in [-0.2, 0) is 26.3 Å². The van der Waals surface area contributed by atoms with Crippen molar-refractivity contribution in [1.82, 2.24) is 0 Å². The van der Waals surface area contributed by atoms with Gasteiger partial charge < -0.3 is 23.0 Å². The molecule has 0 radical (unpaired) electrons. The van der Waals surface area contributed by atoms with Crippen LogP contribution in [0.4, 0.5) is 0 Å². The first-order valence-electron chi connectivity index (χ1n) is 0.783. The van der Waals surface area contributed by atoms with Gasteiger partial charge in [0.2, 0.25) is 0 Å². The van der Waals surface area contributed by atoms with Gasteiger partial charge in [-0.25, -0.2) is 4.57 Å². The summed E-state index contributed by atoms with van der Waals surface area (Å²) in [6.45, 7) is 0. The fourth-order valence-electron chi connectivity index (χ4n) is 0. The van der Waals surface area contributed by atoms with E-state index in [-0.39, 0.29) is 67.8 Å². The zero-order chi connectivity index (χ0) is 4.50. The maximum absolute atomic E-state index is 8.88. The molecule has 0 saturated heterocycles. The summed E-state index contributed by atoms with van der Waals surface area (Å²) in [7, 11) is -4.64. The van der Waals surface area contributed by atoms with Crippen LogP contribution in [0.3, 0.4) is 0 Å². The summed E-state index contributed by atoms with van der Waals surface area (Å²) in [6, 6.07) is 0. The molecule has 0 rings (SSSR count). The molecular weight excluding hydrogens is 173 g/mol. The molecule has 0 aliphatic rings. The van der Waals surface area contributed by atoms with E-state index in [1.54, 1.807) is 0 Å². The Kier molecular flexibility index (Phi) is 42.9. The van der Waals surface area contributed by atoms with Crippen LogP contribution in [0.1, 0.15) is 2.85 Å². The Balaban J connectivity index is -0.00000000533. The van der Waals surface area contributed by atoms with Crippen molar-refractivity contribution < 1.29 is 87.0 Å². The van der Waals surface area contributed by atoms with E-state index in [0.29, 0.717) is 0 Å². The van der Waals surface area contributed by atoms with Crippen LogP contribution in [0, 0.1) is 0 Å². The Morgan fingerprint density at radius 3 is 1.11 bits per heavy atom. The van der Waals surface area contributed by atoms with E-state index < -0.39 is 7.82 Å². The quantitative estimate of drug-likeness (QED) is 0.254. The van der Waals surface area contributed by atoms with Gasteiger partial charge >= 0.3 is 45.5 Å². The van der Waals surface area contributed by atoms with E-state index in [4.69, 9.17) is 19.2 Å². The average Bonchev–Trinajstić information content (AvgIpc) is 0.722. The number of hydrogen-bond acceptors (Lipinski definition) is 1. The van der Waals surface area contributed by atoms with E-state index in [1.165, 1.54) is 0 Å². The smallest absolute Gasteiger partial charge is 1.00 e. The van der Waals surface area contributed by atoms with Gasteiger partial charge in [-0.15, -0.1) is 0 Å². The van der Waals surface area contributed by atoms with Crippen molar-refractivity contribution in [3.05, 3.63) is 0 Å². The van der Waals surface area contributed by atoms with Gasteiger partial charge in [-0.2, -0.15) is 0 Å². The molecule has 0 aliphatic carbocycles. The second-order valence-corrected chi connectivity index (χ2v) is 1.54. The Hall–Kier alpha value is 1.98. The van der Waals surface area contributed by atoms with Crippen LogP contribution in [0.2, 0.25) is 0 Å². The predicted molar refractivity (Wildman–Crippen MR) is 20.1 cm³/mol. The molecular formula is H7Li2O5PTi. The van der Waals surface area contributed by atoms with Gasteiger partial charge in [-0.1, -0.05) is 0 Å². The van der Waals surface area contributed by atoms with Crippen LogP contribution in [0.25, 0.3) is 0 Å². The van der Waals surface area contributed by atoms with Crippen molar-refractivity contribution in [3.8, 4) is 0 Å². The minimum atomic E-state index is -4.64. The third-order valence-corrected chi connectivity index (χ3v) is 0. The molecule has 0 fully saturated rings. The maximum atomic E-state index is 8.88. The number of hydrogen-bond donors (Lipinski definition) is 3. The molecule has 0 amide bonds. The first kappa shape index (κ1) is 30.6. The third-order valence-electron chi connectivity index (χ3n) is 0. The van der Waals surface area contributed by atoms with Crippen LogP contribution in [-0.4, -0.2) is 20.2 Å². The molecule has 0 aromatic heterocycles. The van der Waals surface area contributed by atoms with Gasteiger partial charge in [0.15, 0.2) is 0 Å². The molecule has 0 saturated carbocycles. The molecule has 0 spiro atoms.